The highest BCUT2D eigenvalue weighted by atomic mass is 16.4. The highest BCUT2D eigenvalue weighted by Crippen LogP contribution is 1.98. The van der Waals surface area contributed by atoms with Crippen molar-refractivity contribution >= 4 is 11.8 Å². The van der Waals surface area contributed by atoms with Crippen LogP contribution in [-0.2, 0) is 9.59 Å². The first-order chi connectivity index (χ1) is 6.95. The zero-order chi connectivity index (χ0) is 11.8. The summed E-state index contributed by atoms with van der Waals surface area (Å²) in [6.45, 7) is 1.76. The Balaban J connectivity index is 3.40. The van der Waals surface area contributed by atoms with Crippen LogP contribution in [0.2, 0.25) is 0 Å². The summed E-state index contributed by atoms with van der Waals surface area (Å²) in [5.74, 6) is -1.34. The van der Waals surface area contributed by atoms with Gasteiger partial charge in [-0.1, -0.05) is 6.42 Å². The van der Waals surface area contributed by atoms with Crippen LogP contribution in [0.15, 0.2) is 0 Å². The summed E-state index contributed by atoms with van der Waals surface area (Å²) in [5, 5.41) is 20.1. The number of nitrogens with one attached hydrogen (secondary N) is 1. The molecule has 6 heteroatoms. The lowest BCUT2D eigenvalue weighted by molar-refractivity contribution is -0.138. The summed E-state index contributed by atoms with van der Waals surface area (Å²) >= 11 is 0. The van der Waals surface area contributed by atoms with Gasteiger partial charge in [-0.15, -0.1) is 0 Å². The molecule has 0 fully saturated rings. The van der Waals surface area contributed by atoms with Gasteiger partial charge in [0, 0.05) is 0 Å². The van der Waals surface area contributed by atoms with Crippen molar-refractivity contribution in [3.8, 4) is 0 Å². The van der Waals surface area contributed by atoms with Crippen LogP contribution in [0.4, 0.5) is 0 Å². The molecule has 0 aliphatic heterocycles. The van der Waals surface area contributed by atoms with E-state index in [4.69, 9.17) is 15.9 Å². The molecule has 0 aliphatic carbocycles. The van der Waals surface area contributed by atoms with Gasteiger partial charge in [0.05, 0.1) is 0 Å². The fraction of sp³-hybridized carbons (Fsp3) is 0.778. The maximum absolute atomic E-state index is 10.6. The van der Waals surface area contributed by atoms with Crippen LogP contribution in [-0.4, -0.2) is 40.8 Å². The van der Waals surface area contributed by atoms with Crippen molar-refractivity contribution in [2.75, 3.05) is 6.54 Å². The van der Waals surface area contributed by atoms with E-state index in [0.717, 1.165) is 0 Å². The maximum Gasteiger partial charge on any atom is 0.320 e. The average Bonchev–Trinajstić information content (AvgIpc) is 2.16. The van der Waals surface area contributed by atoms with Crippen molar-refractivity contribution in [3.63, 3.8) is 0 Å². The number of carboxylic acids is 1. The van der Waals surface area contributed by atoms with E-state index in [9.17, 15) is 9.59 Å². The Labute approximate surface area is 88.5 Å². The number of Topliss-reactive ketones (excluding diaryl/α,β-unsaturated/α-hetero) is 1. The van der Waals surface area contributed by atoms with E-state index in [1.54, 1.807) is 0 Å². The number of aliphatic hydroxyl groups excluding tert-OH is 1. The van der Waals surface area contributed by atoms with Crippen molar-refractivity contribution < 1.29 is 19.8 Å². The molecule has 5 N–H and O–H groups in total. The number of carbonyl (C=O) groups excluding carboxylic acids is 1. The smallest absolute Gasteiger partial charge is 0.320 e. The second kappa shape index (κ2) is 7.33. The number of nitrogens with two attached hydrogens (primary N) is 1. The first-order valence-electron chi connectivity index (χ1n) is 4.85. The molecule has 0 rings (SSSR count). The number of aliphatic carboxylic acids is 1. The van der Waals surface area contributed by atoms with E-state index < -0.39 is 18.2 Å². The Morgan fingerprint density at radius 2 is 2.00 bits per heavy atom. The summed E-state index contributed by atoms with van der Waals surface area (Å²) in [6.07, 6.45) is 0.585. The Bertz CT molecular complexity index is 198. The van der Waals surface area contributed by atoms with E-state index in [2.05, 4.69) is 5.32 Å². The van der Waals surface area contributed by atoms with Gasteiger partial charge in [0.2, 0.25) is 0 Å². The number of hydrogen-bond acceptors (Lipinski definition) is 5. The zero-order valence-electron chi connectivity index (χ0n) is 8.77. The predicted molar refractivity (Wildman–Crippen MR) is 54.2 cm³/mol. The Hall–Kier alpha value is -0.980. The van der Waals surface area contributed by atoms with Crippen LogP contribution >= 0.6 is 0 Å². The van der Waals surface area contributed by atoms with E-state index in [0.29, 0.717) is 25.8 Å². The molecule has 0 heterocycles. The summed E-state index contributed by atoms with van der Waals surface area (Å²) in [7, 11) is 0. The third-order valence-electron chi connectivity index (χ3n) is 1.98. The van der Waals surface area contributed by atoms with Gasteiger partial charge in [-0.05, 0) is 26.3 Å². The van der Waals surface area contributed by atoms with Crippen LogP contribution < -0.4 is 11.1 Å². The van der Waals surface area contributed by atoms with Crippen molar-refractivity contribution in [2.45, 2.75) is 38.5 Å². The molecule has 0 saturated carbocycles. The monoisotopic (exact) mass is 218 g/mol. The first-order valence-corrected chi connectivity index (χ1v) is 4.85. The number of hydrogen-bond donors (Lipinski definition) is 4. The normalized spacial score (nSPS) is 14.6. The highest BCUT2D eigenvalue weighted by Gasteiger charge is 2.11. The number of rotatable bonds is 8. The molecule has 2 unspecified atom stereocenters. The quantitative estimate of drug-likeness (QED) is 0.309. The lowest BCUT2D eigenvalue weighted by Crippen LogP contribution is -2.35. The summed E-state index contributed by atoms with van der Waals surface area (Å²) < 4.78 is 0. The molecule has 0 saturated heterocycles. The Kier molecular flexibility index (Phi) is 6.85. The summed E-state index contributed by atoms with van der Waals surface area (Å²) in [5.41, 5.74) is 5.28. The summed E-state index contributed by atoms with van der Waals surface area (Å²) in [4.78, 5) is 20.9. The SMILES string of the molecule is CC(=O)C(O)NCCCCC(N)C(=O)O. The molecule has 6 nitrogen and oxygen atoms in total. The summed E-state index contributed by atoms with van der Waals surface area (Å²) in [6, 6.07) is -0.831. The molecule has 0 aromatic heterocycles. The average molecular weight is 218 g/mol. The van der Waals surface area contributed by atoms with E-state index in [1.807, 2.05) is 0 Å². The van der Waals surface area contributed by atoms with Crippen molar-refractivity contribution in [3.05, 3.63) is 0 Å². The van der Waals surface area contributed by atoms with Crippen LogP contribution in [0.25, 0.3) is 0 Å². The highest BCUT2D eigenvalue weighted by molar-refractivity contribution is 5.79. The third-order valence-corrected chi connectivity index (χ3v) is 1.98. The van der Waals surface area contributed by atoms with Gasteiger partial charge < -0.3 is 15.9 Å². The van der Waals surface area contributed by atoms with Gasteiger partial charge in [0.1, 0.15) is 6.04 Å². The second-order valence-corrected chi connectivity index (χ2v) is 3.41. The fourth-order valence-corrected chi connectivity index (χ4v) is 0.995. The Morgan fingerprint density at radius 1 is 1.40 bits per heavy atom. The largest absolute Gasteiger partial charge is 0.480 e. The van der Waals surface area contributed by atoms with E-state index in [1.165, 1.54) is 6.92 Å². The molecule has 0 bridgehead atoms. The molecule has 88 valence electrons. The predicted octanol–water partition coefficient (Wildman–Crippen LogP) is -0.934. The minimum atomic E-state index is -1.13. The number of ketones is 1. The molecule has 0 aromatic rings. The van der Waals surface area contributed by atoms with Gasteiger partial charge >= 0.3 is 5.97 Å². The molecule has 15 heavy (non-hydrogen) atoms. The van der Waals surface area contributed by atoms with E-state index in [-0.39, 0.29) is 5.78 Å². The van der Waals surface area contributed by atoms with Crippen molar-refractivity contribution in [1.29, 1.82) is 0 Å². The number of aliphatic hydroxyl groups is 1. The van der Waals surface area contributed by atoms with Gasteiger partial charge in [-0.25, -0.2) is 0 Å². The molecule has 0 radical (unpaired) electrons. The zero-order valence-corrected chi connectivity index (χ0v) is 8.77. The first kappa shape index (κ1) is 14.0. The molecular weight excluding hydrogens is 200 g/mol. The van der Waals surface area contributed by atoms with Crippen molar-refractivity contribution in [2.24, 2.45) is 5.73 Å². The third kappa shape index (κ3) is 7.01. The lowest BCUT2D eigenvalue weighted by atomic mass is 10.1. The van der Waals surface area contributed by atoms with Crippen LogP contribution in [0.3, 0.4) is 0 Å². The standard InChI is InChI=1S/C9H18N2O4/c1-6(12)8(13)11-5-3-2-4-7(10)9(14)15/h7-8,11,13H,2-5,10H2,1H3,(H,14,15). The fourth-order valence-electron chi connectivity index (χ4n) is 0.995. The minimum Gasteiger partial charge on any atom is -0.480 e. The number of carboxylic acid groups (broad SMARTS) is 1. The van der Waals surface area contributed by atoms with Crippen LogP contribution in [0, 0.1) is 0 Å². The van der Waals surface area contributed by atoms with Crippen LogP contribution in [0.5, 0.6) is 0 Å². The molecule has 0 spiro atoms. The topological polar surface area (TPSA) is 113 Å². The van der Waals surface area contributed by atoms with Gasteiger partial charge in [-0.3, -0.25) is 14.9 Å². The van der Waals surface area contributed by atoms with E-state index >= 15 is 0 Å². The minimum absolute atomic E-state index is 0.336. The van der Waals surface area contributed by atoms with Gasteiger partial charge in [0.15, 0.2) is 12.0 Å². The Morgan fingerprint density at radius 3 is 2.47 bits per heavy atom. The lowest BCUT2D eigenvalue weighted by Gasteiger charge is -2.09. The number of carbonyl (C=O) groups is 2. The molecule has 0 aromatic carbocycles. The van der Waals surface area contributed by atoms with Crippen molar-refractivity contribution in [1.82, 2.24) is 5.32 Å². The number of unbranched alkanes of at least 4 members (excludes halogenated alkanes) is 1. The van der Waals surface area contributed by atoms with Gasteiger partial charge in [-0.2, -0.15) is 0 Å². The van der Waals surface area contributed by atoms with Gasteiger partial charge in [0.25, 0.3) is 0 Å². The molecule has 2 atom stereocenters. The molecule has 0 amide bonds. The molecular formula is C9H18N2O4. The molecule has 0 aliphatic rings. The second-order valence-electron chi connectivity index (χ2n) is 3.41. The maximum atomic E-state index is 10.6. The van der Waals surface area contributed by atoms with Crippen LogP contribution in [0.1, 0.15) is 26.2 Å².